The summed E-state index contributed by atoms with van der Waals surface area (Å²) in [4.78, 5) is 0. The molecule has 0 amide bonds. The maximum atomic E-state index is 12.7. The first-order valence-electron chi connectivity index (χ1n) is 5.44. The third kappa shape index (κ3) is 3.70. The summed E-state index contributed by atoms with van der Waals surface area (Å²) in [5, 5.41) is 0. The van der Waals surface area contributed by atoms with Gasteiger partial charge in [-0.2, -0.15) is 0 Å². The van der Waals surface area contributed by atoms with E-state index in [-0.39, 0.29) is 70.8 Å². The van der Waals surface area contributed by atoms with Crippen molar-refractivity contribution < 1.29 is 73.8 Å². The van der Waals surface area contributed by atoms with E-state index in [9.17, 15) is 12.9 Å². The minimum atomic E-state index is -4.71. The Morgan fingerprint density at radius 2 is 1.69 bits per heavy atom. The number of hydrogen-bond donors (Lipinski definition) is 0. The molecule has 0 N–H and O–H groups in total. The Morgan fingerprint density at radius 1 is 1.06 bits per heavy atom. The van der Waals surface area contributed by atoms with Crippen LogP contribution in [-0.4, -0.2) is 32.4 Å². The van der Waals surface area contributed by atoms with Gasteiger partial charge in [0.2, 0.25) is 0 Å². The number of rotatable bonds is 1. The van der Waals surface area contributed by atoms with Crippen molar-refractivity contribution in [3.8, 4) is 0 Å². The molecule has 0 aliphatic carbocycles. The number of halogens is 3. The van der Waals surface area contributed by atoms with E-state index in [0.717, 1.165) is 0 Å². The summed E-state index contributed by atoms with van der Waals surface area (Å²) in [6, 6.07) is 0. The molecular formula is C9H15BF3KO2. The van der Waals surface area contributed by atoms with Crippen molar-refractivity contribution in [1.29, 1.82) is 0 Å². The number of hydrogen-bond acceptors (Lipinski definition) is 2. The average molecular weight is 262 g/mol. The Hall–Kier alpha value is 1.41. The van der Waals surface area contributed by atoms with Crippen molar-refractivity contribution >= 4 is 6.98 Å². The second-order valence-electron chi connectivity index (χ2n) is 4.52. The molecule has 0 radical (unpaired) electrons. The fourth-order valence-corrected chi connectivity index (χ4v) is 2.48. The molecule has 2 nitrogen and oxygen atoms in total. The molecule has 88 valence electrons. The molecule has 2 fully saturated rings. The van der Waals surface area contributed by atoms with Crippen LogP contribution in [0.25, 0.3) is 0 Å². The van der Waals surface area contributed by atoms with Gasteiger partial charge in [0.25, 0.3) is 0 Å². The smallest absolute Gasteiger partial charge is 0.449 e. The van der Waals surface area contributed by atoms with Crippen LogP contribution in [0.15, 0.2) is 0 Å². The van der Waals surface area contributed by atoms with Gasteiger partial charge in [0.15, 0.2) is 0 Å². The van der Waals surface area contributed by atoms with Crippen molar-refractivity contribution in [3.05, 3.63) is 0 Å². The molecular weight excluding hydrogens is 247 g/mol. The van der Waals surface area contributed by atoms with Gasteiger partial charge in [-0.3, -0.25) is 0 Å². The van der Waals surface area contributed by atoms with Crippen LogP contribution in [-0.2, 0) is 9.47 Å². The van der Waals surface area contributed by atoms with Gasteiger partial charge in [-0.15, -0.1) is 0 Å². The zero-order valence-electron chi connectivity index (χ0n) is 9.55. The SMILES string of the molecule is F[B-](F)(F)C1CCOC2(CCOCC2)C1.[K+]. The van der Waals surface area contributed by atoms with Gasteiger partial charge in [0, 0.05) is 19.8 Å². The maximum Gasteiger partial charge on any atom is 1.00 e. The van der Waals surface area contributed by atoms with Crippen LogP contribution in [0.3, 0.4) is 0 Å². The van der Waals surface area contributed by atoms with E-state index < -0.39 is 18.4 Å². The summed E-state index contributed by atoms with van der Waals surface area (Å²) < 4.78 is 48.7. The van der Waals surface area contributed by atoms with Gasteiger partial charge in [0.05, 0.1) is 5.60 Å². The second-order valence-corrected chi connectivity index (χ2v) is 4.52. The summed E-state index contributed by atoms with van der Waals surface area (Å²) in [5.74, 6) is -1.13. The zero-order valence-corrected chi connectivity index (χ0v) is 12.7. The fourth-order valence-electron chi connectivity index (χ4n) is 2.48. The third-order valence-electron chi connectivity index (χ3n) is 3.47. The van der Waals surface area contributed by atoms with Gasteiger partial charge >= 0.3 is 58.4 Å². The molecule has 7 heteroatoms. The van der Waals surface area contributed by atoms with E-state index in [0.29, 0.717) is 26.1 Å². The van der Waals surface area contributed by atoms with E-state index in [1.165, 1.54) is 0 Å². The third-order valence-corrected chi connectivity index (χ3v) is 3.47. The first kappa shape index (κ1) is 15.5. The molecule has 0 bridgehead atoms. The average Bonchev–Trinajstić information content (AvgIpc) is 2.18. The van der Waals surface area contributed by atoms with E-state index in [1.807, 2.05) is 0 Å². The summed E-state index contributed by atoms with van der Waals surface area (Å²) in [6.07, 6.45) is 1.48. The van der Waals surface area contributed by atoms with Crippen LogP contribution in [0.1, 0.15) is 25.7 Å². The molecule has 0 saturated carbocycles. The van der Waals surface area contributed by atoms with Gasteiger partial charge < -0.3 is 22.4 Å². The minimum absolute atomic E-state index is 0. The maximum absolute atomic E-state index is 12.7. The largest absolute Gasteiger partial charge is 1.00 e. The van der Waals surface area contributed by atoms with E-state index in [1.54, 1.807) is 0 Å². The molecule has 0 aromatic rings. The standard InChI is InChI=1S/C9H15BF3O2.K/c11-10(12,13)8-1-4-15-9(7-8)2-5-14-6-3-9;/h8H,1-7H2;/q-1;+1. The number of ether oxygens (including phenoxy) is 2. The van der Waals surface area contributed by atoms with Gasteiger partial charge in [-0.25, -0.2) is 0 Å². The van der Waals surface area contributed by atoms with Crippen molar-refractivity contribution in [1.82, 2.24) is 0 Å². The molecule has 1 unspecified atom stereocenters. The van der Waals surface area contributed by atoms with E-state index in [4.69, 9.17) is 9.47 Å². The van der Waals surface area contributed by atoms with Crippen LogP contribution < -0.4 is 51.4 Å². The van der Waals surface area contributed by atoms with Gasteiger partial charge in [-0.1, -0.05) is 12.2 Å². The molecule has 2 aliphatic rings. The molecule has 2 heterocycles. The molecule has 16 heavy (non-hydrogen) atoms. The summed E-state index contributed by atoms with van der Waals surface area (Å²) in [7, 11) is 0. The predicted octanol–water partition coefficient (Wildman–Crippen LogP) is -0.432. The van der Waals surface area contributed by atoms with Crippen molar-refractivity contribution in [3.63, 3.8) is 0 Å². The molecule has 0 aromatic carbocycles. The minimum Gasteiger partial charge on any atom is -0.449 e. The molecule has 2 aliphatic heterocycles. The molecule has 1 atom stereocenters. The molecule has 2 rings (SSSR count). The van der Waals surface area contributed by atoms with Crippen molar-refractivity contribution in [2.24, 2.45) is 0 Å². The van der Waals surface area contributed by atoms with E-state index in [2.05, 4.69) is 0 Å². The molecule has 1 spiro atoms. The first-order valence-corrected chi connectivity index (χ1v) is 5.44. The predicted molar refractivity (Wildman–Crippen MR) is 50.8 cm³/mol. The van der Waals surface area contributed by atoms with Crippen LogP contribution in [0, 0.1) is 0 Å². The first-order chi connectivity index (χ1) is 7.02. The van der Waals surface area contributed by atoms with Gasteiger partial charge in [-0.05, 0) is 19.3 Å². The van der Waals surface area contributed by atoms with Crippen LogP contribution in [0.4, 0.5) is 12.9 Å². The molecule has 0 aromatic heterocycles. The molecule has 2 saturated heterocycles. The topological polar surface area (TPSA) is 18.5 Å². The zero-order chi connectivity index (χ0) is 10.9. The van der Waals surface area contributed by atoms with Crippen LogP contribution in [0.2, 0.25) is 5.82 Å². The summed E-state index contributed by atoms with van der Waals surface area (Å²) >= 11 is 0. The second kappa shape index (κ2) is 6.04. The van der Waals surface area contributed by atoms with Crippen LogP contribution >= 0.6 is 0 Å². The fraction of sp³-hybridized carbons (Fsp3) is 1.00. The van der Waals surface area contributed by atoms with Gasteiger partial charge in [0.1, 0.15) is 0 Å². The Morgan fingerprint density at radius 3 is 2.25 bits per heavy atom. The van der Waals surface area contributed by atoms with Crippen LogP contribution in [0.5, 0.6) is 0 Å². The van der Waals surface area contributed by atoms with Crippen molar-refractivity contribution in [2.75, 3.05) is 19.8 Å². The van der Waals surface area contributed by atoms with Crippen molar-refractivity contribution in [2.45, 2.75) is 37.1 Å². The Balaban J connectivity index is 0.00000128. The summed E-state index contributed by atoms with van der Waals surface area (Å²) in [5.41, 5.74) is -0.543. The quantitative estimate of drug-likeness (QED) is 0.597. The Labute approximate surface area is 136 Å². The monoisotopic (exact) mass is 262 g/mol. The normalized spacial score (nSPS) is 29.8. The van der Waals surface area contributed by atoms with E-state index >= 15 is 0 Å². The Bertz CT molecular complexity index is 226. The Kier molecular flexibility index (Phi) is 5.84. The summed E-state index contributed by atoms with van der Waals surface area (Å²) in [6.45, 7) is -3.42.